The molecule has 0 aliphatic carbocycles. The molecule has 0 aliphatic heterocycles. The summed E-state index contributed by atoms with van der Waals surface area (Å²) in [4.78, 5) is 23.6. The lowest BCUT2D eigenvalue weighted by Gasteiger charge is -2.12. The third-order valence-corrected chi connectivity index (χ3v) is 2.95. The van der Waals surface area contributed by atoms with Crippen LogP contribution in [0.4, 0.5) is 5.69 Å². The molecule has 0 saturated carbocycles. The largest absolute Gasteiger partial charge is 0.469 e. The molecule has 1 aromatic heterocycles. The second-order valence-electron chi connectivity index (χ2n) is 4.98. The van der Waals surface area contributed by atoms with Crippen LogP contribution in [0.15, 0.2) is 47.1 Å². The fraction of sp³-hybridized carbons (Fsp3) is 0.250. The molecule has 21 heavy (non-hydrogen) atoms. The van der Waals surface area contributed by atoms with E-state index in [9.17, 15) is 9.59 Å². The van der Waals surface area contributed by atoms with E-state index in [2.05, 4.69) is 10.6 Å². The Balaban J connectivity index is 1.86. The highest BCUT2D eigenvalue weighted by atomic mass is 16.3. The predicted molar refractivity (Wildman–Crippen MR) is 79.8 cm³/mol. The molecule has 0 aliphatic rings. The minimum Gasteiger partial charge on any atom is -0.469 e. The van der Waals surface area contributed by atoms with E-state index in [0.29, 0.717) is 12.1 Å². The van der Waals surface area contributed by atoms with Gasteiger partial charge in [0.2, 0.25) is 0 Å². The Hall–Kier alpha value is -2.56. The quantitative estimate of drug-likeness (QED) is 0.847. The van der Waals surface area contributed by atoms with Gasteiger partial charge in [-0.1, -0.05) is 12.1 Å². The van der Waals surface area contributed by atoms with Crippen molar-refractivity contribution in [3.8, 4) is 0 Å². The summed E-state index contributed by atoms with van der Waals surface area (Å²) in [6, 6.07) is 10.7. The van der Waals surface area contributed by atoms with Gasteiger partial charge in [0, 0.05) is 18.2 Å². The Kier molecular flexibility index (Phi) is 4.77. The van der Waals surface area contributed by atoms with Crippen molar-refractivity contribution in [3.05, 3.63) is 54.0 Å². The second kappa shape index (κ2) is 6.74. The van der Waals surface area contributed by atoms with Crippen LogP contribution in [-0.2, 0) is 16.0 Å². The van der Waals surface area contributed by atoms with Crippen LogP contribution in [0.5, 0.6) is 0 Å². The maximum atomic E-state index is 11.8. The average molecular weight is 286 g/mol. The van der Waals surface area contributed by atoms with Crippen molar-refractivity contribution in [2.24, 2.45) is 0 Å². The molecule has 2 amide bonds. The third-order valence-electron chi connectivity index (χ3n) is 2.95. The van der Waals surface area contributed by atoms with Crippen LogP contribution in [0.2, 0.25) is 0 Å². The SMILES string of the molecule is Cc1cccc(NC(=O)C(=O)NC(C)Cc2ccco2)c1. The van der Waals surface area contributed by atoms with Gasteiger partial charge < -0.3 is 15.1 Å². The first-order valence-corrected chi connectivity index (χ1v) is 6.75. The maximum absolute atomic E-state index is 11.8. The summed E-state index contributed by atoms with van der Waals surface area (Å²) in [6.07, 6.45) is 2.12. The Morgan fingerprint density at radius 1 is 1.19 bits per heavy atom. The van der Waals surface area contributed by atoms with Crippen molar-refractivity contribution >= 4 is 17.5 Å². The zero-order valence-electron chi connectivity index (χ0n) is 12.1. The number of rotatable bonds is 4. The van der Waals surface area contributed by atoms with Gasteiger partial charge in [0.1, 0.15) is 5.76 Å². The number of hydrogen-bond donors (Lipinski definition) is 2. The number of nitrogens with one attached hydrogen (secondary N) is 2. The summed E-state index contributed by atoms with van der Waals surface area (Å²) in [6.45, 7) is 3.74. The second-order valence-corrected chi connectivity index (χ2v) is 4.98. The summed E-state index contributed by atoms with van der Waals surface area (Å²) in [5.74, 6) is -0.565. The van der Waals surface area contributed by atoms with Crippen molar-refractivity contribution in [3.63, 3.8) is 0 Å². The minimum absolute atomic E-state index is 0.188. The molecule has 5 heteroatoms. The number of carbonyl (C=O) groups is 2. The highest BCUT2D eigenvalue weighted by Gasteiger charge is 2.17. The summed E-state index contributed by atoms with van der Waals surface area (Å²) in [5, 5.41) is 5.21. The van der Waals surface area contributed by atoms with Crippen molar-refractivity contribution in [1.82, 2.24) is 5.32 Å². The number of hydrogen-bond acceptors (Lipinski definition) is 3. The Bertz CT molecular complexity index is 620. The van der Waals surface area contributed by atoms with Crippen molar-refractivity contribution in [1.29, 1.82) is 0 Å². The van der Waals surface area contributed by atoms with E-state index < -0.39 is 11.8 Å². The molecule has 2 aromatic rings. The van der Waals surface area contributed by atoms with Crippen molar-refractivity contribution in [2.45, 2.75) is 26.3 Å². The van der Waals surface area contributed by atoms with Crippen LogP contribution in [-0.4, -0.2) is 17.9 Å². The van der Waals surface area contributed by atoms with E-state index in [1.807, 2.05) is 32.0 Å². The number of anilines is 1. The molecule has 110 valence electrons. The standard InChI is InChI=1S/C16H18N2O3/c1-11-5-3-6-13(9-11)18-16(20)15(19)17-12(2)10-14-7-4-8-21-14/h3-9,12H,10H2,1-2H3,(H,17,19)(H,18,20). The number of furan rings is 1. The maximum Gasteiger partial charge on any atom is 0.313 e. The highest BCUT2D eigenvalue weighted by molar-refractivity contribution is 6.39. The number of benzene rings is 1. The highest BCUT2D eigenvalue weighted by Crippen LogP contribution is 2.09. The molecule has 1 aromatic carbocycles. The summed E-state index contributed by atoms with van der Waals surface area (Å²) in [7, 11) is 0. The first kappa shape index (κ1) is 14.8. The topological polar surface area (TPSA) is 71.3 Å². The monoisotopic (exact) mass is 286 g/mol. The summed E-state index contributed by atoms with van der Waals surface area (Å²) < 4.78 is 5.20. The van der Waals surface area contributed by atoms with Crippen molar-refractivity contribution in [2.75, 3.05) is 5.32 Å². The fourth-order valence-corrected chi connectivity index (χ4v) is 1.98. The van der Waals surface area contributed by atoms with Crippen LogP contribution in [0.1, 0.15) is 18.2 Å². The van der Waals surface area contributed by atoms with E-state index in [-0.39, 0.29) is 6.04 Å². The molecule has 2 rings (SSSR count). The van der Waals surface area contributed by atoms with Gasteiger partial charge in [0.15, 0.2) is 0 Å². The molecule has 0 saturated heterocycles. The molecule has 0 radical (unpaired) electrons. The van der Waals surface area contributed by atoms with Crippen LogP contribution < -0.4 is 10.6 Å². The first-order chi connectivity index (χ1) is 10.0. The number of carbonyl (C=O) groups excluding carboxylic acids is 2. The zero-order chi connectivity index (χ0) is 15.2. The molecule has 1 atom stereocenters. The van der Waals surface area contributed by atoms with Gasteiger partial charge in [-0.15, -0.1) is 0 Å². The van der Waals surface area contributed by atoms with Crippen molar-refractivity contribution < 1.29 is 14.0 Å². The van der Waals surface area contributed by atoms with Gasteiger partial charge in [-0.05, 0) is 43.7 Å². The van der Waals surface area contributed by atoms with E-state index >= 15 is 0 Å². The lowest BCUT2D eigenvalue weighted by molar-refractivity contribution is -0.136. The van der Waals surface area contributed by atoms with E-state index in [0.717, 1.165) is 11.3 Å². The van der Waals surface area contributed by atoms with Crippen LogP contribution >= 0.6 is 0 Å². The molecule has 5 nitrogen and oxygen atoms in total. The molecule has 1 unspecified atom stereocenters. The molecular weight excluding hydrogens is 268 g/mol. The predicted octanol–water partition coefficient (Wildman–Crippen LogP) is 2.27. The van der Waals surface area contributed by atoms with Gasteiger partial charge in [-0.25, -0.2) is 0 Å². The summed E-state index contributed by atoms with van der Waals surface area (Å²) >= 11 is 0. The smallest absolute Gasteiger partial charge is 0.313 e. The number of amides is 2. The molecule has 0 bridgehead atoms. The van der Waals surface area contributed by atoms with E-state index in [1.165, 1.54) is 0 Å². The van der Waals surface area contributed by atoms with Gasteiger partial charge in [-0.3, -0.25) is 9.59 Å². The van der Waals surface area contributed by atoms with Crippen LogP contribution in [0.3, 0.4) is 0 Å². The van der Waals surface area contributed by atoms with Gasteiger partial charge in [-0.2, -0.15) is 0 Å². The lowest BCUT2D eigenvalue weighted by atomic mass is 10.2. The molecular formula is C16H18N2O3. The Labute approximate surface area is 123 Å². The summed E-state index contributed by atoms with van der Waals surface area (Å²) in [5.41, 5.74) is 1.62. The van der Waals surface area contributed by atoms with E-state index in [1.54, 1.807) is 24.5 Å². The molecule has 2 N–H and O–H groups in total. The van der Waals surface area contributed by atoms with Gasteiger partial charge in [0.05, 0.1) is 6.26 Å². The van der Waals surface area contributed by atoms with Gasteiger partial charge >= 0.3 is 11.8 Å². The van der Waals surface area contributed by atoms with Crippen LogP contribution in [0.25, 0.3) is 0 Å². The first-order valence-electron chi connectivity index (χ1n) is 6.75. The lowest BCUT2D eigenvalue weighted by Crippen LogP contribution is -2.41. The fourth-order valence-electron chi connectivity index (χ4n) is 1.98. The molecule has 0 fully saturated rings. The number of aryl methyl sites for hydroxylation is 1. The van der Waals surface area contributed by atoms with Gasteiger partial charge in [0.25, 0.3) is 0 Å². The third kappa shape index (κ3) is 4.49. The molecule has 1 heterocycles. The van der Waals surface area contributed by atoms with E-state index in [4.69, 9.17) is 4.42 Å². The Morgan fingerprint density at radius 2 is 2.00 bits per heavy atom. The average Bonchev–Trinajstić information content (AvgIpc) is 2.91. The minimum atomic E-state index is -0.674. The Morgan fingerprint density at radius 3 is 2.67 bits per heavy atom. The zero-order valence-corrected chi connectivity index (χ0v) is 12.1. The van der Waals surface area contributed by atoms with Crippen LogP contribution in [0, 0.1) is 6.92 Å². The normalized spacial score (nSPS) is 11.7. The molecule has 0 spiro atoms.